The molecule has 0 aromatic heterocycles. The highest BCUT2D eigenvalue weighted by Crippen LogP contribution is 2.70. The van der Waals surface area contributed by atoms with Crippen molar-refractivity contribution in [2.75, 3.05) is 13.2 Å². The van der Waals surface area contributed by atoms with Gasteiger partial charge in [-0.15, -0.1) is 0 Å². The molecule has 6 aliphatic rings. The number of allylic oxidation sites excluding steroid dienone is 2. The number of hydrogen-bond acceptors (Lipinski definition) is 8. The number of aliphatic hydroxyl groups excluding tert-OH is 4. The van der Waals surface area contributed by atoms with E-state index in [1.54, 1.807) is 5.57 Å². The van der Waals surface area contributed by atoms with Gasteiger partial charge < -0.3 is 39.7 Å². The molecular formula is C33H54O8. The summed E-state index contributed by atoms with van der Waals surface area (Å²) in [5.74, 6) is 1.48. The first kappa shape index (κ1) is 30.4. The number of rotatable bonds is 7. The van der Waals surface area contributed by atoms with Gasteiger partial charge in [0.1, 0.15) is 24.4 Å². The fourth-order valence-electron chi connectivity index (χ4n) is 10.7. The van der Waals surface area contributed by atoms with Crippen molar-refractivity contribution < 1.29 is 39.7 Å². The molecule has 41 heavy (non-hydrogen) atoms. The zero-order valence-electron chi connectivity index (χ0n) is 25.5. The van der Waals surface area contributed by atoms with Gasteiger partial charge in [-0.25, -0.2) is 0 Å². The predicted molar refractivity (Wildman–Crippen MR) is 152 cm³/mol. The molecule has 4 aliphatic carbocycles. The van der Waals surface area contributed by atoms with Crippen LogP contribution >= 0.6 is 0 Å². The summed E-state index contributed by atoms with van der Waals surface area (Å²) in [6.07, 6.45) is 7.71. The minimum Gasteiger partial charge on any atom is -0.394 e. The van der Waals surface area contributed by atoms with E-state index in [1.807, 2.05) is 6.92 Å². The summed E-state index contributed by atoms with van der Waals surface area (Å²) in [5.41, 5.74) is 2.33. The summed E-state index contributed by atoms with van der Waals surface area (Å²) in [6, 6.07) is 0. The Morgan fingerprint density at radius 1 is 1.07 bits per heavy atom. The van der Waals surface area contributed by atoms with E-state index < -0.39 is 43.1 Å². The molecule has 0 unspecified atom stereocenters. The van der Waals surface area contributed by atoms with Gasteiger partial charge in [0.25, 0.3) is 0 Å². The number of fused-ring (bicyclic) bond motifs is 7. The van der Waals surface area contributed by atoms with Gasteiger partial charge in [0, 0.05) is 12.3 Å². The van der Waals surface area contributed by atoms with E-state index in [1.165, 1.54) is 44.9 Å². The highest BCUT2D eigenvalue weighted by atomic mass is 16.7. The third-order valence-electron chi connectivity index (χ3n) is 13.1. The minimum absolute atomic E-state index is 0.0425. The van der Waals surface area contributed by atoms with Crippen molar-refractivity contribution in [3.63, 3.8) is 0 Å². The molecule has 2 saturated heterocycles. The van der Waals surface area contributed by atoms with Crippen LogP contribution in [0.1, 0.15) is 91.9 Å². The Morgan fingerprint density at radius 3 is 2.61 bits per heavy atom. The van der Waals surface area contributed by atoms with Crippen LogP contribution in [0.4, 0.5) is 0 Å². The van der Waals surface area contributed by atoms with Crippen molar-refractivity contribution in [3.8, 4) is 0 Å². The summed E-state index contributed by atoms with van der Waals surface area (Å²) >= 11 is 0. The number of aliphatic hydroxyl groups is 5. The van der Waals surface area contributed by atoms with Crippen molar-refractivity contribution in [3.05, 3.63) is 11.6 Å². The molecule has 3 saturated carbocycles. The van der Waals surface area contributed by atoms with E-state index in [4.69, 9.17) is 14.2 Å². The van der Waals surface area contributed by atoms with E-state index in [-0.39, 0.29) is 30.0 Å². The maximum absolute atomic E-state index is 11.8. The second-order valence-electron chi connectivity index (χ2n) is 15.2. The molecule has 0 spiro atoms. The molecule has 0 aromatic rings. The van der Waals surface area contributed by atoms with Crippen molar-refractivity contribution in [2.24, 2.45) is 46.3 Å². The molecule has 6 rings (SSSR count). The highest BCUT2D eigenvalue weighted by Gasteiger charge is 2.67. The van der Waals surface area contributed by atoms with Crippen LogP contribution in [-0.4, -0.2) is 81.3 Å². The van der Waals surface area contributed by atoms with Crippen LogP contribution in [-0.2, 0) is 14.2 Å². The first-order valence-corrected chi connectivity index (χ1v) is 16.4. The Kier molecular flexibility index (Phi) is 8.24. The molecule has 0 amide bonds. The fraction of sp³-hybridized carbons (Fsp3) is 0.939. The van der Waals surface area contributed by atoms with Gasteiger partial charge in [0.2, 0.25) is 0 Å². The third-order valence-corrected chi connectivity index (χ3v) is 13.1. The zero-order valence-corrected chi connectivity index (χ0v) is 25.5. The summed E-state index contributed by atoms with van der Waals surface area (Å²) in [7, 11) is 0. The average molecular weight is 579 g/mol. The van der Waals surface area contributed by atoms with E-state index in [0.717, 1.165) is 18.3 Å². The SMILES string of the molecule is C[C@H](CC[C@@]1(O)O[C@H]2C[C@H]3[C@@H]4CC=C5CCCC[C@]5(C)[C@H]4CC[C@]3(C)[C@H]2[C@@H]1C)CO[C@@H]1O[C@H](CO)[C@@H](O)[C@@H](O)[C@H]1O. The molecule has 5 N–H and O–H groups in total. The summed E-state index contributed by atoms with van der Waals surface area (Å²) < 4.78 is 17.8. The lowest BCUT2D eigenvalue weighted by Crippen LogP contribution is -2.59. The summed E-state index contributed by atoms with van der Waals surface area (Å²) in [5, 5.41) is 51.5. The van der Waals surface area contributed by atoms with Gasteiger partial charge in [0.05, 0.1) is 19.3 Å². The second kappa shape index (κ2) is 11.1. The van der Waals surface area contributed by atoms with Gasteiger partial charge in [-0.1, -0.05) is 45.8 Å². The molecule has 2 aliphatic heterocycles. The first-order valence-electron chi connectivity index (χ1n) is 16.4. The van der Waals surface area contributed by atoms with E-state index in [2.05, 4.69) is 26.8 Å². The van der Waals surface area contributed by atoms with Crippen molar-refractivity contribution in [1.82, 2.24) is 0 Å². The smallest absolute Gasteiger partial charge is 0.186 e. The quantitative estimate of drug-likeness (QED) is 0.290. The third kappa shape index (κ3) is 4.87. The Labute approximate surface area is 245 Å². The Morgan fingerprint density at radius 2 is 1.85 bits per heavy atom. The predicted octanol–water partition coefficient (Wildman–Crippen LogP) is 3.52. The molecule has 0 aromatic carbocycles. The van der Waals surface area contributed by atoms with Crippen molar-refractivity contribution in [2.45, 2.75) is 135 Å². The van der Waals surface area contributed by atoms with Gasteiger partial charge in [-0.05, 0) is 91.8 Å². The van der Waals surface area contributed by atoms with Gasteiger partial charge in [-0.3, -0.25) is 0 Å². The maximum atomic E-state index is 11.8. The zero-order chi connectivity index (χ0) is 29.3. The summed E-state index contributed by atoms with van der Waals surface area (Å²) in [4.78, 5) is 0. The lowest BCUT2D eigenvalue weighted by molar-refractivity contribution is -0.303. The van der Waals surface area contributed by atoms with Crippen LogP contribution < -0.4 is 0 Å². The van der Waals surface area contributed by atoms with Crippen LogP contribution in [0, 0.1) is 46.3 Å². The lowest BCUT2D eigenvalue weighted by atomic mass is 9.47. The Hall–Kier alpha value is -0.580. The first-order chi connectivity index (χ1) is 19.4. The molecule has 8 nitrogen and oxygen atoms in total. The standard InChI is InChI=1S/C33H54O8/c1-18(17-39-30-29(37)28(36)27(35)25(16-34)40-30)10-14-33(38)19(2)26-24(41-33)15-23-21-9-8-20-7-5-6-12-31(20,3)22(21)11-13-32(23,26)4/h8,18-19,21-30,34-38H,5-7,9-17H2,1-4H3/t18-,19+,21-,22+,23+,24+,25-,26+,27-,28-,29-,30-,31+,32+,33-/m1/s1. The van der Waals surface area contributed by atoms with E-state index in [9.17, 15) is 25.5 Å². The Balaban J connectivity index is 1.06. The lowest BCUT2D eigenvalue weighted by Gasteiger charge is -2.58. The number of ether oxygens (including phenoxy) is 3. The van der Waals surface area contributed by atoms with Gasteiger partial charge in [-0.2, -0.15) is 0 Å². The molecule has 0 bridgehead atoms. The molecule has 0 radical (unpaired) electrons. The van der Waals surface area contributed by atoms with E-state index >= 15 is 0 Å². The largest absolute Gasteiger partial charge is 0.394 e. The molecule has 2 heterocycles. The molecule has 8 heteroatoms. The van der Waals surface area contributed by atoms with Crippen LogP contribution in [0.15, 0.2) is 11.6 Å². The van der Waals surface area contributed by atoms with Gasteiger partial charge in [0.15, 0.2) is 12.1 Å². The molecule has 234 valence electrons. The minimum atomic E-state index is -1.45. The molecular weight excluding hydrogens is 524 g/mol. The fourth-order valence-corrected chi connectivity index (χ4v) is 10.7. The van der Waals surface area contributed by atoms with Gasteiger partial charge >= 0.3 is 0 Å². The maximum Gasteiger partial charge on any atom is 0.186 e. The van der Waals surface area contributed by atoms with E-state index in [0.29, 0.717) is 30.1 Å². The monoisotopic (exact) mass is 578 g/mol. The molecule has 15 atom stereocenters. The van der Waals surface area contributed by atoms with Crippen LogP contribution in [0.5, 0.6) is 0 Å². The topological polar surface area (TPSA) is 129 Å². The van der Waals surface area contributed by atoms with Crippen LogP contribution in [0.3, 0.4) is 0 Å². The van der Waals surface area contributed by atoms with Crippen molar-refractivity contribution in [1.29, 1.82) is 0 Å². The van der Waals surface area contributed by atoms with Crippen molar-refractivity contribution >= 4 is 0 Å². The van der Waals surface area contributed by atoms with Crippen LogP contribution in [0.2, 0.25) is 0 Å². The second-order valence-corrected chi connectivity index (χ2v) is 15.2. The number of hydrogen-bond donors (Lipinski definition) is 5. The average Bonchev–Trinajstić information content (AvgIpc) is 3.39. The molecule has 5 fully saturated rings. The highest BCUT2D eigenvalue weighted by molar-refractivity contribution is 5.25. The summed E-state index contributed by atoms with van der Waals surface area (Å²) in [6.45, 7) is 9.04. The Bertz CT molecular complexity index is 986. The van der Waals surface area contributed by atoms with Crippen LogP contribution in [0.25, 0.3) is 0 Å². The normalized spacial score (nSPS) is 53.6.